The van der Waals surface area contributed by atoms with Crippen LogP contribution in [-0.4, -0.2) is 32.4 Å². The molecular weight excluding hydrogens is 256 g/mol. The van der Waals surface area contributed by atoms with Gasteiger partial charge in [0.2, 0.25) is 0 Å². The van der Waals surface area contributed by atoms with Crippen LogP contribution in [0, 0.1) is 0 Å². The summed E-state index contributed by atoms with van der Waals surface area (Å²) in [6, 6.07) is 0. The van der Waals surface area contributed by atoms with Crippen LogP contribution in [0.3, 0.4) is 0 Å². The van der Waals surface area contributed by atoms with Gasteiger partial charge in [-0.05, 0) is 0 Å². The number of carbonyl (C=O) groups is 1. The van der Waals surface area contributed by atoms with Crippen molar-refractivity contribution in [3.05, 3.63) is 0 Å². The maximum absolute atomic E-state index is 10.1. The second kappa shape index (κ2) is 4.24. The molecule has 0 aromatic carbocycles. The lowest BCUT2D eigenvalue weighted by Crippen LogP contribution is -2.29. The fourth-order valence-electron chi connectivity index (χ4n) is 0.243. The molecule has 3 nitrogen and oxygen atoms in total. The maximum atomic E-state index is 10.1. The van der Waals surface area contributed by atoms with Gasteiger partial charge in [-0.2, -0.15) is 0 Å². The highest BCUT2D eigenvalue weighted by atomic mass is 79.9. The van der Waals surface area contributed by atoms with Crippen LogP contribution < -0.4 is 0 Å². The van der Waals surface area contributed by atoms with Gasteiger partial charge in [0.15, 0.2) is 0 Å². The zero-order chi connectivity index (χ0) is 7.44. The number of carboxylic acid groups (broad SMARTS) is 1. The van der Waals surface area contributed by atoms with Crippen LogP contribution in [0.4, 0.5) is 0 Å². The highest BCUT2D eigenvalue weighted by molar-refractivity contribution is 9.10. The molecule has 5 heteroatoms. The minimum absolute atomic E-state index is 0.259. The van der Waals surface area contributed by atoms with Crippen LogP contribution in [0.5, 0.6) is 0 Å². The molecular formula is C4H6Br2O3. The third kappa shape index (κ3) is 3.17. The molecule has 0 aromatic heterocycles. The molecule has 0 heterocycles. The standard InChI is InChI=1S/C4H6Br2O3/c5-1-2(7)3(6)4(8)9/h2-3,7H,1H2,(H,8,9)/t2-,3+/m1/s1. The van der Waals surface area contributed by atoms with E-state index in [0.717, 1.165) is 0 Å². The number of aliphatic hydroxyl groups is 1. The van der Waals surface area contributed by atoms with Crippen LogP contribution in [0.1, 0.15) is 0 Å². The summed E-state index contributed by atoms with van der Waals surface area (Å²) in [6.45, 7) is 0. The molecule has 0 amide bonds. The fraction of sp³-hybridized carbons (Fsp3) is 0.750. The Hall–Kier alpha value is 0.390. The van der Waals surface area contributed by atoms with Crippen molar-refractivity contribution in [3.8, 4) is 0 Å². The second-order valence-corrected chi connectivity index (χ2v) is 3.10. The summed E-state index contributed by atoms with van der Waals surface area (Å²) in [5, 5.41) is 17.3. The summed E-state index contributed by atoms with van der Waals surface area (Å²) in [6.07, 6.45) is -0.873. The molecule has 0 aliphatic carbocycles. The largest absolute Gasteiger partial charge is 0.480 e. The average molecular weight is 262 g/mol. The van der Waals surface area contributed by atoms with E-state index in [4.69, 9.17) is 10.2 Å². The molecule has 2 atom stereocenters. The van der Waals surface area contributed by atoms with Gasteiger partial charge in [0, 0.05) is 5.33 Å². The Morgan fingerprint density at radius 1 is 1.67 bits per heavy atom. The lowest BCUT2D eigenvalue weighted by Gasteiger charge is -2.08. The monoisotopic (exact) mass is 260 g/mol. The quantitative estimate of drug-likeness (QED) is 0.732. The molecule has 2 N–H and O–H groups in total. The summed E-state index contributed by atoms with van der Waals surface area (Å²) in [5.74, 6) is -1.05. The van der Waals surface area contributed by atoms with Gasteiger partial charge in [0.1, 0.15) is 4.83 Å². The van der Waals surface area contributed by atoms with Gasteiger partial charge >= 0.3 is 5.97 Å². The second-order valence-electron chi connectivity index (χ2n) is 1.46. The minimum Gasteiger partial charge on any atom is -0.480 e. The number of aliphatic hydroxyl groups excluding tert-OH is 1. The Morgan fingerprint density at radius 3 is 2.22 bits per heavy atom. The molecule has 0 aromatic rings. The van der Waals surface area contributed by atoms with E-state index in [9.17, 15) is 4.79 Å². The number of aliphatic carboxylic acids is 1. The molecule has 0 unspecified atom stereocenters. The van der Waals surface area contributed by atoms with Gasteiger partial charge in [0.25, 0.3) is 0 Å². The van der Waals surface area contributed by atoms with E-state index < -0.39 is 16.9 Å². The predicted octanol–water partition coefficient (Wildman–Crippen LogP) is 0.590. The van der Waals surface area contributed by atoms with Crippen LogP contribution in [0.2, 0.25) is 0 Å². The van der Waals surface area contributed by atoms with E-state index in [1.807, 2.05) is 0 Å². The van der Waals surface area contributed by atoms with Crippen molar-refractivity contribution in [3.63, 3.8) is 0 Å². The summed E-state index contributed by atoms with van der Waals surface area (Å²) in [7, 11) is 0. The smallest absolute Gasteiger partial charge is 0.319 e. The highest BCUT2D eigenvalue weighted by Crippen LogP contribution is 2.07. The normalized spacial score (nSPS) is 16.8. The predicted molar refractivity (Wildman–Crippen MR) is 40.2 cm³/mol. The Balaban J connectivity index is 3.72. The number of carboxylic acids is 1. The number of halogens is 2. The zero-order valence-electron chi connectivity index (χ0n) is 4.42. The van der Waals surface area contributed by atoms with Crippen LogP contribution in [0.25, 0.3) is 0 Å². The van der Waals surface area contributed by atoms with Crippen molar-refractivity contribution in [2.45, 2.75) is 10.9 Å². The van der Waals surface area contributed by atoms with Gasteiger partial charge < -0.3 is 10.2 Å². The summed E-state index contributed by atoms with van der Waals surface area (Å²) in [5.41, 5.74) is 0. The Kier molecular flexibility index (Phi) is 4.43. The van der Waals surface area contributed by atoms with Crippen LogP contribution in [0.15, 0.2) is 0 Å². The first-order valence-electron chi connectivity index (χ1n) is 2.20. The van der Waals surface area contributed by atoms with Crippen molar-refractivity contribution in [1.82, 2.24) is 0 Å². The molecule has 9 heavy (non-hydrogen) atoms. The van der Waals surface area contributed by atoms with Crippen LogP contribution >= 0.6 is 31.9 Å². The molecule has 0 spiro atoms. The molecule has 0 fully saturated rings. The zero-order valence-corrected chi connectivity index (χ0v) is 7.59. The van der Waals surface area contributed by atoms with Gasteiger partial charge in [-0.1, -0.05) is 31.9 Å². The molecule has 0 aliphatic heterocycles. The topological polar surface area (TPSA) is 57.5 Å². The molecule has 0 saturated heterocycles. The van der Waals surface area contributed by atoms with Crippen molar-refractivity contribution < 1.29 is 15.0 Å². The first kappa shape index (κ1) is 9.39. The van der Waals surface area contributed by atoms with E-state index >= 15 is 0 Å². The highest BCUT2D eigenvalue weighted by Gasteiger charge is 2.21. The van der Waals surface area contributed by atoms with E-state index in [0.29, 0.717) is 0 Å². The fourth-order valence-corrected chi connectivity index (χ4v) is 1.31. The lowest BCUT2D eigenvalue weighted by atomic mass is 10.3. The van der Waals surface area contributed by atoms with Gasteiger partial charge in [0.05, 0.1) is 6.10 Å². The summed E-state index contributed by atoms with van der Waals surface area (Å²) in [4.78, 5) is 9.19. The van der Waals surface area contributed by atoms with Gasteiger partial charge in [-0.15, -0.1) is 0 Å². The van der Waals surface area contributed by atoms with Crippen molar-refractivity contribution in [2.75, 3.05) is 5.33 Å². The molecule has 0 bridgehead atoms. The van der Waals surface area contributed by atoms with E-state index in [2.05, 4.69) is 31.9 Å². The summed E-state index contributed by atoms with van der Waals surface area (Å²) < 4.78 is 0. The Labute approximate surface area is 69.3 Å². The maximum Gasteiger partial charge on any atom is 0.319 e. The molecule has 0 rings (SSSR count). The third-order valence-corrected chi connectivity index (χ3v) is 2.40. The lowest BCUT2D eigenvalue weighted by molar-refractivity contribution is -0.137. The summed E-state index contributed by atoms with van der Waals surface area (Å²) >= 11 is 5.73. The van der Waals surface area contributed by atoms with Crippen molar-refractivity contribution in [2.24, 2.45) is 0 Å². The Bertz CT molecular complexity index is 106. The Morgan fingerprint density at radius 2 is 2.11 bits per heavy atom. The van der Waals surface area contributed by atoms with Crippen molar-refractivity contribution >= 4 is 37.8 Å². The minimum atomic E-state index is -1.05. The first-order chi connectivity index (χ1) is 4.09. The molecule has 0 radical (unpaired) electrons. The van der Waals surface area contributed by atoms with Crippen molar-refractivity contribution in [1.29, 1.82) is 0 Å². The SMILES string of the molecule is O=C(O)[C@@H](Br)[C@H](O)CBr. The first-order valence-corrected chi connectivity index (χ1v) is 4.24. The number of hydrogen-bond acceptors (Lipinski definition) is 2. The van der Waals surface area contributed by atoms with Gasteiger partial charge in [-0.25, -0.2) is 0 Å². The number of alkyl halides is 2. The molecule has 0 saturated carbocycles. The van der Waals surface area contributed by atoms with E-state index in [1.165, 1.54) is 0 Å². The van der Waals surface area contributed by atoms with Gasteiger partial charge in [-0.3, -0.25) is 4.79 Å². The molecule has 0 aliphatic rings. The molecule has 54 valence electrons. The third-order valence-electron chi connectivity index (χ3n) is 0.732. The van der Waals surface area contributed by atoms with E-state index in [-0.39, 0.29) is 5.33 Å². The average Bonchev–Trinajstić information content (AvgIpc) is 1.84. The number of rotatable bonds is 3. The number of hydrogen-bond donors (Lipinski definition) is 2. The van der Waals surface area contributed by atoms with Crippen LogP contribution in [-0.2, 0) is 4.79 Å². The van der Waals surface area contributed by atoms with E-state index in [1.54, 1.807) is 0 Å².